The van der Waals surface area contributed by atoms with E-state index in [1.54, 1.807) is 31.1 Å². The first-order valence-corrected chi connectivity index (χ1v) is 13.0. The Morgan fingerprint density at radius 2 is 2.09 bits per heavy atom. The summed E-state index contributed by atoms with van der Waals surface area (Å²) in [5.74, 6) is 1.65. The lowest BCUT2D eigenvalue weighted by atomic mass is 9.74. The van der Waals surface area contributed by atoms with Crippen LogP contribution in [-0.4, -0.2) is 59.1 Å². The van der Waals surface area contributed by atoms with Crippen LogP contribution in [-0.2, 0) is 0 Å². The van der Waals surface area contributed by atoms with Crippen molar-refractivity contribution >= 4 is 34.3 Å². The molecule has 1 N–H and O–H groups in total. The second kappa shape index (κ2) is 11.7. The summed E-state index contributed by atoms with van der Waals surface area (Å²) in [6.07, 6.45) is 6.62. The molecule has 0 radical (unpaired) electrons. The van der Waals surface area contributed by atoms with Crippen molar-refractivity contribution in [2.24, 2.45) is 5.41 Å². The highest BCUT2D eigenvalue weighted by molar-refractivity contribution is 7.99. The molecular weight excluding hydrogens is 473 g/mol. The number of likely N-dealkylation sites (tertiary alicyclic amines) is 1. The number of nitrogens with zero attached hydrogens (tertiary/aromatic N) is 3. The van der Waals surface area contributed by atoms with Crippen LogP contribution in [0.4, 0.5) is 4.39 Å². The van der Waals surface area contributed by atoms with E-state index in [-0.39, 0.29) is 12.0 Å². The van der Waals surface area contributed by atoms with Crippen molar-refractivity contribution in [1.29, 1.82) is 0 Å². The minimum absolute atomic E-state index is 0.0800. The first-order chi connectivity index (χ1) is 16.5. The van der Waals surface area contributed by atoms with Crippen molar-refractivity contribution < 1.29 is 14.2 Å². The summed E-state index contributed by atoms with van der Waals surface area (Å²) in [7, 11) is 1.58. The molecule has 2 aromatic heterocycles. The highest BCUT2D eigenvalue weighted by Crippen LogP contribution is 2.42. The number of aliphatic hydroxyl groups is 1. The zero-order valence-electron chi connectivity index (χ0n) is 19.4. The molecule has 8 heteroatoms. The van der Waals surface area contributed by atoms with Crippen LogP contribution in [0.2, 0.25) is 5.02 Å². The third kappa shape index (κ3) is 6.00. The standard InChI is InChI=1S/C26H31ClFN3O2S/c1-33-19-4-5-24-21(15-19)25(22(27)17-30-24)23(28)6-7-26(18-32)8-11-31(12-9-26)13-14-34-20-3-2-10-29-16-20/h2-5,10,15-17,23,32H,6-9,11-14,18H2,1H3. The number of rotatable bonds is 10. The number of ether oxygens (including phenoxy) is 1. The molecule has 4 rings (SSSR count). The molecular formula is C26H31ClFN3O2S. The molecule has 0 bridgehead atoms. The Bertz CT molecular complexity index is 1080. The normalized spacial score (nSPS) is 17.1. The van der Waals surface area contributed by atoms with E-state index in [4.69, 9.17) is 16.3 Å². The van der Waals surface area contributed by atoms with E-state index >= 15 is 4.39 Å². The maximum atomic E-state index is 15.6. The number of hydrogen-bond donors (Lipinski definition) is 1. The summed E-state index contributed by atoms with van der Waals surface area (Å²) < 4.78 is 20.9. The zero-order valence-corrected chi connectivity index (χ0v) is 21.0. The Morgan fingerprint density at radius 1 is 1.26 bits per heavy atom. The largest absolute Gasteiger partial charge is 0.497 e. The number of alkyl halides is 1. The molecule has 0 aliphatic carbocycles. The van der Waals surface area contributed by atoms with Gasteiger partial charge in [0.15, 0.2) is 0 Å². The summed E-state index contributed by atoms with van der Waals surface area (Å²) in [5, 5.41) is 11.2. The van der Waals surface area contributed by atoms with E-state index in [0.717, 1.165) is 38.2 Å². The predicted molar refractivity (Wildman–Crippen MR) is 137 cm³/mol. The third-order valence-corrected chi connectivity index (χ3v) is 8.14. The molecule has 0 amide bonds. The Labute approximate surface area is 209 Å². The fourth-order valence-electron chi connectivity index (χ4n) is 4.65. The number of methoxy groups -OCH3 is 1. The first-order valence-electron chi connectivity index (χ1n) is 11.7. The summed E-state index contributed by atoms with van der Waals surface area (Å²) >= 11 is 8.20. The van der Waals surface area contributed by atoms with Crippen LogP contribution in [0, 0.1) is 5.41 Å². The fourth-order valence-corrected chi connectivity index (χ4v) is 5.82. The summed E-state index contributed by atoms with van der Waals surface area (Å²) in [5.41, 5.74) is 0.908. The third-order valence-electron chi connectivity index (χ3n) is 6.87. The van der Waals surface area contributed by atoms with E-state index in [0.29, 0.717) is 40.1 Å². The van der Waals surface area contributed by atoms with E-state index < -0.39 is 6.17 Å². The van der Waals surface area contributed by atoms with Gasteiger partial charge in [-0.1, -0.05) is 11.6 Å². The number of thioether (sulfide) groups is 1. The number of fused-ring (bicyclic) bond motifs is 1. The number of halogens is 2. The van der Waals surface area contributed by atoms with Gasteiger partial charge in [0.2, 0.25) is 0 Å². The summed E-state index contributed by atoms with van der Waals surface area (Å²) in [6.45, 7) is 2.91. The molecule has 34 heavy (non-hydrogen) atoms. The van der Waals surface area contributed by atoms with Crippen LogP contribution in [0.1, 0.15) is 37.4 Å². The van der Waals surface area contributed by atoms with Crippen LogP contribution in [0.25, 0.3) is 10.9 Å². The van der Waals surface area contributed by atoms with E-state index in [1.165, 1.54) is 11.1 Å². The molecule has 1 atom stereocenters. The van der Waals surface area contributed by atoms with Crippen molar-refractivity contribution in [3.8, 4) is 5.75 Å². The van der Waals surface area contributed by atoms with Gasteiger partial charge < -0.3 is 14.7 Å². The molecule has 5 nitrogen and oxygen atoms in total. The molecule has 1 aliphatic rings. The van der Waals surface area contributed by atoms with Crippen molar-refractivity contribution in [2.45, 2.75) is 36.8 Å². The predicted octanol–water partition coefficient (Wildman–Crippen LogP) is 5.95. The maximum Gasteiger partial charge on any atom is 0.127 e. The average Bonchev–Trinajstić information content (AvgIpc) is 2.88. The molecule has 182 valence electrons. The summed E-state index contributed by atoms with van der Waals surface area (Å²) in [6, 6.07) is 9.45. The fraction of sp³-hybridized carbons (Fsp3) is 0.462. The lowest BCUT2D eigenvalue weighted by Gasteiger charge is -2.41. The molecule has 3 aromatic rings. The lowest BCUT2D eigenvalue weighted by Crippen LogP contribution is -2.42. The molecule has 1 fully saturated rings. The number of aliphatic hydroxyl groups excluding tert-OH is 1. The lowest BCUT2D eigenvalue weighted by molar-refractivity contribution is 0.0323. The number of piperidine rings is 1. The molecule has 0 spiro atoms. The second-order valence-electron chi connectivity index (χ2n) is 8.95. The van der Waals surface area contributed by atoms with E-state index in [2.05, 4.69) is 20.9 Å². The van der Waals surface area contributed by atoms with Crippen molar-refractivity contribution in [2.75, 3.05) is 39.1 Å². The maximum absolute atomic E-state index is 15.6. The van der Waals surface area contributed by atoms with E-state index in [9.17, 15) is 5.11 Å². The molecule has 0 saturated carbocycles. The van der Waals surface area contributed by atoms with Crippen LogP contribution in [0.3, 0.4) is 0 Å². The molecule has 3 heterocycles. The van der Waals surface area contributed by atoms with Gasteiger partial charge in [-0.25, -0.2) is 4.39 Å². The molecule has 1 aliphatic heterocycles. The molecule has 1 aromatic carbocycles. The Morgan fingerprint density at radius 3 is 2.79 bits per heavy atom. The molecule has 1 unspecified atom stereocenters. The first kappa shape index (κ1) is 25.2. The average molecular weight is 504 g/mol. The van der Waals surface area contributed by atoms with Gasteiger partial charge in [-0.15, -0.1) is 11.8 Å². The Kier molecular flexibility index (Phi) is 8.64. The van der Waals surface area contributed by atoms with Gasteiger partial charge in [0.1, 0.15) is 11.9 Å². The van der Waals surface area contributed by atoms with Gasteiger partial charge in [0.25, 0.3) is 0 Å². The Hall–Kier alpha value is -1.93. The van der Waals surface area contributed by atoms with Crippen LogP contribution >= 0.6 is 23.4 Å². The number of hydrogen-bond acceptors (Lipinski definition) is 6. The minimum Gasteiger partial charge on any atom is -0.497 e. The van der Waals surface area contributed by atoms with Gasteiger partial charge in [0, 0.05) is 53.3 Å². The van der Waals surface area contributed by atoms with Gasteiger partial charge in [0.05, 0.1) is 17.6 Å². The number of pyridine rings is 2. The van der Waals surface area contributed by atoms with Crippen molar-refractivity contribution in [1.82, 2.24) is 14.9 Å². The highest BCUT2D eigenvalue weighted by Gasteiger charge is 2.35. The van der Waals surface area contributed by atoms with Gasteiger partial charge in [-0.05, 0) is 74.5 Å². The number of benzene rings is 1. The topological polar surface area (TPSA) is 58.5 Å². The van der Waals surface area contributed by atoms with Gasteiger partial charge in [-0.3, -0.25) is 9.97 Å². The zero-order chi connectivity index (χ0) is 24.0. The smallest absolute Gasteiger partial charge is 0.127 e. The van der Waals surface area contributed by atoms with Crippen LogP contribution in [0.15, 0.2) is 53.8 Å². The van der Waals surface area contributed by atoms with Gasteiger partial charge >= 0.3 is 0 Å². The van der Waals surface area contributed by atoms with Crippen molar-refractivity contribution in [3.05, 3.63) is 59.5 Å². The van der Waals surface area contributed by atoms with Gasteiger partial charge in [-0.2, -0.15) is 0 Å². The minimum atomic E-state index is -1.23. The van der Waals surface area contributed by atoms with Crippen LogP contribution in [0.5, 0.6) is 5.75 Å². The summed E-state index contributed by atoms with van der Waals surface area (Å²) in [4.78, 5) is 12.1. The van der Waals surface area contributed by atoms with Crippen molar-refractivity contribution in [3.63, 3.8) is 0 Å². The highest BCUT2D eigenvalue weighted by atomic mass is 35.5. The Balaban J connectivity index is 1.34. The monoisotopic (exact) mass is 503 g/mol. The quantitative estimate of drug-likeness (QED) is 0.345. The SMILES string of the molecule is COc1ccc2ncc(Cl)c(C(F)CCC3(CO)CCN(CCSc4cccnc4)CC3)c2c1. The molecule has 1 saturated heterocycles. The number of aromatic nitrogens is 2. The van der Waals surface area contributed by atoms with E-state index in [1.807, 2.05) is 24.4 Å². The second-order valence-corrected chi connectivity index (χ2v) is 10.5. The van der Waals surface area contributed by atoms with Crippen LogP contribution < -0.4 is 4.74 Å².